The van der Waals surface area contributed by atoms with Crippen LogP contribution in [0.15, 0.2) is 23.0 Å². The Bertz CT molecular complexity index is 840. The van der Waals surface area contributed by atoms with Crippen LogP contribution in [-0.2, 0) is 24.9 Å². The number of ether oxygens (including phenoxy) is 1. The van der Waals surface area contributed by atoms with E-state index in [0.717, 1.165) is 23.4 Å². The summed E-state index contributed by atoms with van der Waals surface area (Å²) in [4.78, 5) is 22.1. The molecular formula is C19H24FN3O2. The molecule has 0 saturated carbocycles. The monoisotopic (exact) mass is 345 g/mol. The molecule has 0 aliphatic carbocycles. The third-order valence-corrected chi connectivity index (χ3v) is 4.49. The second-order valence-corrected chi connectivity index (χ2v) is 7.52. The maximum absolute atomic E-state index is 13.9. The van der Waals surface area contributed by atoms with Crippen LogP contribution in [0.4, 0.5) is 4.39 Å². The quantitative estimate of drug-likeness (QED) is 0.929. The Morgan fingerprint density at radius 3 is 2.76 bits per heavy atom. The van der Waals surface area contributed by atoms with Crippen LogP contribution in [0.1, 0.15) is 43.4 Å². The van der Waals surface area contributed by atoms with Gasteiger partial charge in [-0.1, -0.05) is 26.8 Å². The molecule has 0 spiro atoms. The van der Waals surface area contributed by atoms with E-state index < -0.39 is 0 Å². The van der Waals surface area contributed by atoms with Gasteiger partial charge in [0.1, 0.15) is 5.82 Å². The lowest BCUT2D eigenvalue weighted by molar-refractivity contribution is 0.239. The lowest BCUT2D eigenvalue weighted by Crippen LogP contribution is -2.36. The van der Waals surface area contributed by atoms with Crippen molar-refractivity contribution in [2.75, 3.05) is 13.7 Å². The predicted octanol–water partition coefficient (Wildman–Crippen LogP) is 2.77. The van der Waals surface area contributed by atoms with Crippen LogP contribution < -0.4 is 10.3 Å². The molecule has 1 aromatic heterocycles. The van der Waals surface area contributed by atoms with Gasteiger partial charge in [-0.25, -0.2) is 9.37 Å². The van der Waals surface area contributed by atoms with Gasteiger partial charge in [0.05, 0.1) is 12.8 Å². The van der Waals surface area contributed by atoms with Crippen LogP contribution in [0.2, 0.25) is 0 Å². The number of aromatic amines is 1. The molecule has 6 heteroatoms. The van der Waals surface area contributed by atoms with Crippen molar-refractivity contribution in [1.29, 1.82) is 0 Å². The lowest BCUT2D eigenvalue weighted by Gasteiger charge is -2.29. The number of fused-ring (bicyclic) bond motifs is 1. The Morgan fingerprint density at radius 1 is 1.36 bits per heavy atom. The standard InChI is InChI=1S/C19H24FN3O2/c1-19(2,3)18-21-15-11-23(8-7-13(15)17(24)22-18)10-12-5-6-16(25-4)14(20)9-12/h5-6,9H,7-8,10-11H2,1-4H3,(H,21,22,24). The first-order valence-corrected chi connectivity index (χ1v) is 8.45. The molecule has 0 saturated heterocycles. The molecule has 5 nitrogen and oxygen atoms in total. The Morgan fingerprint density at radius 2 is 2.12 bits per heavy atom. The van der Waals surface area contributed by atoms with Crippen LogP contribution in [0, 0.1) is 5.82 Å². The topological polar surface area (TPSA) is 58.2 Å². The normalized spacial score (nSPS) is 15.1. The summed E-state index contributed by atoms with van der Waals surface area (Å²) in [5, 5.41) is 0. The highest BCUT2D eigenvalue weighted by atomic mass is 19.1. The fourth-order valence-electron chi connectivity index (χ4n) is 3.05. The van der Waals surface area contributed by atoms with Crippen LogP contribution in [0.25, 0.3) is 0 Å². The first kappa shape index (κ1) is 17.6. The molecule has 1 aliphatic rings. The van der Waals surface area contributed by atoms with Crippen LogP contribution in [-0.4, -0.2) is 28.5 Å². The minimum Gasteiger partial charge on any atom is -0.494 e. The molecule has 0 radical (unpaired) electrons. The smallest absolute Gasteiger partial charge is 0.254 e. The zero-order valence-electron chi connectivity index (χ0n) is 15.1. The van der Waals surface area contributed by atoms with Crippen molar-refractivity contribution in [3.05, 3.63) is 57.0 Å². The summed E-state index contributed by atoms with van der Waals surface area (Å²) < 4.78 is 18.8. The van der Waals surface area contributed by atoms with E-state index in [2.05, 4.69) is 9.88 Å². The number of hydrogen-bond acceptors (Lipinski definition) is 4. The molecule has 0 unspecified atom stereocenters. The van der Waals surface area contributed by atoms with Crippen molar-refractivity contribution >= 4 is 0 Å². The Hall–Kier alpha value is -2.21. The molecule has 0 fully saturated rings. The number of H-pyrrole nitrogens is 1. The van der Waals surface area contributed by atoms with Gasteiger partial charge < -0.3 is 9.72 Å². The van der Waals surface area contributed by atoms with Crippen LogP contribution in [0.3, 0.4) is 0 Å². The minimum atomic E-state index is -0.359. The Kier molecular flexibility index (Phi) is 4.64. The molecule has 0 bridgehead atoms. The number of benzene rings is 1. The first-order valence-electron chi connectivity index (χ1n) is 8.45. The Balaban J connectivity index is 1.82. The van der Waals surface area contributed by atoms with Gasteiger partial charge >= 0.3 is 0 Å². The summed E-state index contributed by atoms with van der Waals surface area (Å²) in [5.74, 6) is 0.589. The number of hydrogen-bond donors (Lipinski definition) is 1. The van der Waals surface area contributed by atoms with Crippen molar-refractivity contribution in [2.45, 2.75) is 45.7 Å². The van der Waals surface area contributed by atoms with Gasteiger partial charge in [0.25, 0.3) is 5.56 Å². The molecule has 25 heavy (non-hydrogen) atoms. The van der Waals surface area contributed by atoms with E-state index in [0.29, 0.717) is 25.3 Å². The van der Waals surface area contributed by atoms with Gasteiger partial charge in [0.2, 0.25) is 0 Å². The van der Waals surface area contributed by atoms with E-state index in [-0.39, 0.29) is 22.5 Å². The largest absolute Gasteiger partial charge is 0.494 e. The lowest BCUT2D eigenvalue weighted by atomic mass is 9.95. The molecule has 3 rings (SSSR count). The average Bonchev–Trinajstić information content (AvgIpc) is 2.54. The SMILES string of the molecule is COc1ccc(CN2CCc3c(nc(C(C)(C)C)[nH]c3=O)C2)cc1F. The number of aromatic nitrogens is 2. The Labute approximate surface area is 146 Å². The number of methoxy groups -OCH3 is 1. The summed E-state index contributed by atoms with van der Waals surface area (Å²) >= 11 is 0. The van der Waals surface area contributed by atoms with Gasteiger partial charge in [0, 0.05) is 30.6 Å². The number of nitrogens with one attached hydrogen (secondary N) is 1. The van der Waals surface area contributed by atoms with E-state index >= 15 is 0 Å². The van der Waals surface area contributed by atoms with Gasteiger partial charge in [-0.05, 0) is 24.1 Å². The highest BCUT2D eigenvalue weighted by molar-refractivity contribution is 5.30. The van der Waals surface area contributed by atoms with Crippen molar-refractivity contribution in [2.24, 2.45) is 0 Å². The van der Waals surface area contributed by atoms with Gasteiger partial charge in [-0.3, -0.25) is 9.69 Å². The molecule has 1 N–H and O–H groups in total. The summed E-state index contributed by atoms with van der Waals surface area (Å²) in [6.45, 7) is 8.03. The number of halogens is 1. The molecule has 1 aromatic carbocycles. The van der Waals surface area contributed by atoms with E-state index in [1.165, 1.54) is 13.2 Å². The number of rotatable bonds is 3. The zero-order chi connectivity index (χ0) is 18.2. The third-order valence-electron chi connectivity index (χ3n) is 4.49. The van der Waals surface area contributed by atoms with Gasteiger partial charge in [-0.2, -0.15) is 0 Å². The first-order chi connectivity index (χ1) is 11.8. The third kappa shape index (κ3) is 3.74. The van der Waals surface area contributed by atoms with Crippen molar-refractivity contribution < 1.29 is 9.13 Å². The molecule has 0 amide bonds. The fourth-order valence-corrected chi connectivity index (χ4v) is 3.05. The summed E-state index contributed by atoms with van der Waals surface area (Å²) in [7, 11) is 1.45. The fraction of sp³-hybridized carbons (Fsp3) is 0.474. The molecule has 2 heterocycles. The molecule has 0 atom stereocenters. The number of nitrogens with zero attached hydrogens (tertiary/aromatic N) is 2. The van der Waals surface area contributed by atoms with Crippen molar-refractivity contribution in [1.82, 2.24) is 14.9 Å². The van der Waals surface area contributed by atoms with Gasteiger partial charge in [0.15, 0.2) is 11.6 Å². The predicted molar refractivity (Wildman–Crippen MR) is 94.3 cm³/mol. The average molecular weight is 345 g/mol. The molecule has 134 valence electrons. The second-order valence-electron chi connectivity index (χ2n) is 7.52. The van der Waals surface area contributed by atoms with E-state index in [1.807, 2.05) is 26.8 Å². The van der Waals surface area contributed by atoms with Crippen LogP contribution in [0.5, 0.6) is 5.75 Å². The minimum absolute atomic E-state index is 0.0370. The second kappa shape index (κ2) is 6.59. The summed E-state index contributed by atoms with van der Waals surface area (Å²) in [5.41, 5.74) is 2.22. The van der Waals surface area contributed by atoms with Gasteiger partial charge in [-0.15, -0.1) is 0 Å². The maximum Gasteiger partial charge on any atom is 0.254 e. The van der Waals surface area contributed by atoms with Crippen LogP contribution >= 0.6 is 0 Å². The zero-order valence-corrected chi connectivity index (χ0v) is 15.1. The van der Waals surface area contributed by atoms with Crippen molar-refractivity contribution in [3.63, 3.8) is 0 Å². The summed E-state index contributed by atoms with van der Waals surface area (Å²) in [6.07, 6.45) is 0.653. The van der Waals surface area contributed by atoms with E-state index in [1.54, 1.807) is 6.07 Å². The highest BCUT2D eigenvalue weighted by Gasteiger charge is 2.24. The van der Waals surface area contributed by atoms with E-state index in [9.17, 15) is 9.18 Å². The molecule has 1 aliphatic heterocycles. The summed E-state index contributed by atoms with van der Waals surface area (Å²) in [6, 6.07) is 5.01. The highest BCUT2D eigenvalue weighted by Crippen LogP contribution is 2.23. The maximum atomic E-state index is 13.9. The van der Waals surface area contributed by atoms with E-state index in [4.69, 9.17) is 9.72 Å². The van der Waals surface area contributed by atoms with Crippen molar-refractivity contribution in [3.8, 4) is 5.75 Å². The molecule has 2 aromatic rings. The molecular weight excluding hydrogens is 321 g/mol.